The van der Waals surface area contributed by atoms with Gasteiger partial charge in [-0.25, -0.2) is 0 Å². The van der Waals surface area contributed by atoms with E-state index in [0.717, 1.165) is 11.1 Å². The molecule has 0 amide bonds. The van der Waals surface area contributed by atoms with Crippen molar-refractivity contribution < 1.29 is 14.3 Å². The molecule has 2 heterocycles. The summed E-state index contributed by atoms with van der Waals surface area (Å²) in [6.45, 7) is 3.87. The number of H-pyrrole nitrogens is 1. The summed E-state index contributed by atoms with van der Waals surface area (Å²) in [5, 5.41) is 17.4. The Morgan fingerprint density at radius 1 is 1.07 bits per heavy atom. The molecule has 27 heavy (non-hydrogen) atoms. The fourth-order valence-corrected chi connectivity index (χ4v) is 3.04. The number of hydrogen-bond acceptors (Lipinski definition) is 4. The molecule has 0 fully saturated rings. The summed E-state index contributed by atoms with van der Waals surface area (Å²) in [4.78, 5) is 13.0. The number of hydrogen-bond donors (Lipinski definition) is 2. The highest BCUT2D eigenvalue weighted by Gasteiger charge is 2.17. The number of furan rings is 1. The van der Waals surface area contributed by atoms with Gasteiger partial charge in [0.1, 0.15) is 11.4 Å². The smallest absolute Gasteiger partial charge is 0.193 e. The average Bonchev–Trinajstić information content (AvgIpc) is 3.35. The molecule has 0 spiro atoms. The van der Waals surface area contributed by atoms with Crippen molar-refractivity contribution in [1.29, 1.82) is 0 Å². The van der Waals surface area contributed by atoms with Gasteiger partial charge in [0, 0.05) is 16.7 Å². The number of aryl methyl sites for hydroxylation is 2. The predicted octanol–water partition coefficient (Wildman–Crippen LogP) is 4.89. The number of nitrogens with one attached hydrogen (secondary N) is 1. The number of aromatic nitrogens is 2. The van der Waals surface area contributed by atoms with Gasteiger partial charge < -0.3 is 9.52 Å². The summed E-state index contributed by atoms with van der Waals surface area (Å²) in [5.74, 6) is 0.625. The second-order valence-electron chi connectivity index (χ2n) is 6.52. The number of aromatic amines is 1. The van der Waals surface area contributed by atoms with Gasteiger partial charge in [-0.05, 0) is 61.9 Å². The summed E-state index contributed by atoms with van der Waals surface area (Å²) in [7, 11) is 0. The van der Waals surface area contributed by atoms with Crippen molar-refractivity contribution >= 4 is 5.78 Å². The van der Waals surface area contributed by atoms with E-state index in [2.05, 4.69) is 10.2 Å². The maximum atomic E-state index is 13.0. The molecular formula is C22H18N2O3. The molecular weight excluding hydrogens is 340 g/mol. The maximum Gasteiger partial charge on any atom is 0.193 e. The quantitative estimate of drug-likeness (QED) is 0.509. The van der Waals surface area contributed by atoms with Crippen LogP contribution in [-0.4, -0.2) is 21.1 Å². The lowest BCUT2D eigenvalue weighted by Crippen LogP contribution is -2.04. The molecule has 2 aromatic heterocycles. The summed E-state index contributed by atoms with van der Waals surface area (Å²) in [6, 6.07) is 16.0. The topological polar surface area (TPSA) is 79.1 Å². The Bertz CT molecular complexity index is 1120. The lowest BCUT2D eigenvalue weighted by Gasteiger charge is -2.08. The zero-order valence-corrected chi connectivity index (χ0v) is 15.0. The molecule has 0 bridgehead atoms. The molecule has 0 saturated heterocycles. The van der Waals surface area contributed by atoms with Crippen molar-refractivity contribution in [3.8, 4) is 28.5 Å². The predicted molar refractivity (Wildman–Crippen MR) is 103 cm³/mol. The molecule has 2 aromatic carbocycles. The standard InChI is InChI=1S/C22H18N2O3/c1-13-5-6-14(2)16(10-13)22(26)15-7-8-20(25)17(11-15)18-12-19(24-23-18)21-4-3-9-27-21/h3-12,25H,1-2H3,(H,23,24). The first-order valence-electron chi connectivity index (χ1n) is 8.57. The zero-order chi connectivity index (χ0) is 19.0. The third kappa shape index (κ3) is 3.15. The lowest BCUT2D eigenvalue weighted by molar-refractivity contribution is 0.103. The van der Waals surface area contributed by atoms with Crippen molar-refractivity contribution in [1.82, 2.24) is 10.2 Å². The van der Waals surface area contributed by atoms with Crippen LogP contribution in [0.4, 0.5) is 0 Å². The van der Waals surface area contributed by atoms with E-state index >= 15 is 0 Å². The van der Waals surface area contributed by atoms with E-state index in [1.807, 2.05) is 38.1 Å². The molecule has 134 valence electrons. The highest BCUT2D eigenvalue weighted by molar-refractivity contribution is 6.10. The van der Waals surface area contributed by atoms with Gasteiger partial charge in [-0.3, -0.25) is 9.89 Å². The van der Waals surface area contributed by atoms with Gasteiger partial charge in [0.2, 0.25) is 0 Å². The van der Waals surface area contributed by atoms with Gasteiger partial charge in [0.15, 0.2) is 11.5 Å². The minimum atomic E-state index is -0.0840. The van der Waals surface area contributed by atoms with Gasteiger partial charge in [-0.2, -0.15) is 5.10 Å². The van der Waals surface area contributed by atoms with E-state index < -0.39 is 0 Å². The largest absolute Gasteiger partial charge is 0.507 e. The molecule has 5 nitrogen and oxygen atoms in total. The van der Waals surface area contributed by atoms with E-state index in [1.165, 1.54) is 6.07 Å². The number of nitrogens with zero attached hydrogens (tertiary/aromatic N) is 1. The average molecular weight is 358 g/mol. The highest BCUT2D eigenvalue weighted by Crippen LogP contribution is 2.32. The van der Waals surface area contributed by atoms with Crippen LogP contribution < -0.4 is 0 Å². The van der Waals surface area contributed by atoms with Crippen molar-refractivity contribution in [2.45, 2.75) is 13.8 Å². The minimum Gasteiger partial charge on any atom is -0.507 e. The van der Waals surface area contributed by atoms with Crippen LogP contribution in [0.15, 0.2) is 65.3 Å². The molecule has 0 aliphatic carbocycles. The van der Waals surface area contributed by atoms with E-state index in [-0.39, 0.29) is 11.5 Å². The van der Waals surface area contributed by atoms with Crippen molar-refractivity contribution in [3.05, 3.63) is 83.1 Å². The Morgan fingerprint density at radius 3 is 2.70 bits per heavy atom. The van der Waals surface area contributed by atoms with Crippen molar-refractivity contribution in [2.75, 3.05) is 0 Å². The molecule has 5 heteroatoms. The number of ketones is 1. The number of carbonyl (C=O) groups is 1. The summed E-state index contributed by atoms with van der Waals surface area (Å²) < 4.78 is 5.36. The van der Waals surface area contributed by atoms with Crippen molar-refractivity contribution in [2.24, 2.45) is 0 Å². The van der Waals surface area contributed by atoms with Crippen LogP contribution in [-0.2, 0) is 0 Å². The zero-order valence-electron chi connectivity index (χ0n) is 15.0. The Kier molecular flexibility index (Phi) is 4.12. The summed E-state index contributed by atoms with van der Waals surface area (Å²) >= 11 is 0. The SMILES string of the molecule is Cc1ccc(C)c(C(=O)c2ccc(O)c(-c3cc(-c4ccco4)[nH]n3)c2)c1. The lowest BCUT2D eigenvalue weighted by atomic mass is 9.95. The van der Waals surface area contributed by atoms with Gasteiger partial charge in [0.25, 0.3) is 0 Å². The maximum absolute atomic E-state index is 13.0. The molecule has 0 radical (unpaired) electrons. The normalized spacial score (nSPS) is 10.9. The number of phenols is 1. The molecule has 0 aliphatic heterocycles. The van der Waals surface area contributed by atoms with E-state index in [0.29, 0.717) is 33.8 Å². The molecule has 0 unspecified atom stereocenters. The van der Waals surface area contributed by atoms with Crippen LogP contribution in [0.3, 0.4) is 0 Å². The first kappa shape index (κ1) is 16.8. The number of aromatic hydroxyl groups is 1. The molecule has 0 saturated carbocycles. The molecule has 0 atom stereocenters. The van der Waals surface area contributed by atoms with E-state index in [9.17, 15) is 9.90 Å². The molecule has 2 N–H and O–H groups in total. The summed E-state index contributed by atoms with van der Waals surface area (Å²) in [5.41, 5.74) is 4.82. The number of benzene rings is 2. The molecule has 4 rings (SSSR count). The first-order chi connectivity index (χ1) is 13.0. The van der Waals surface area contributed by atoms with E-state index in [1.54, 1.807) is 30.5 Å². The number of phenolic OH excluding ortho intramolecular Hbond substituents is 1. The monoisotopic (exact) mass is 358 g/mol. The van der Waals surface area contributed by atoms with Crippen LogP contribution in [0.2, 0.25) is 0 Å². The molecule has 0 aliphatic rings. The van der Waals surface area contributed by atoms with Crippen LogP contribution in [0.1, 0.15) is 27.0 Å². The Balaban J connectivity index is 1.74. The van der Waals surface area contributed by atoms with Gasteiger partial charge in [-0.15, -0.1) is 0 Å². The Labute approximate surface area is 156 Å². The third-order valence-electron chi connectivity index (χ3n) is 4.54. The molecule has 4 aromatic rings. The number of rotatable bonds is 4. The fraction of sp³-hybridized carbons (Fsp3) is 0.0909. The summed E-state index contributed by atoms with van der Waals surface area (Å²) in [6.07, 6.45) is 1.58. The van der Waals surface area contributed by atoms with E-state index in [4.69, 9.17) is 4.42 Å². The fourth-order valence-electron chi connectivity index (χ4n) is 3.04. The van der Waals surface area contributed by atoms with Gasteiger partial charge in [-0.1, -0.05) is 17.7 Å². The van der Waals surface area contributed by atoms with Gasteiger partial charge in [0.05, 0.1) is 12.0 Å². The second kappa shape index (κ2) is 6.61. The third-order valence-corrected chi connectivity index (χ3v) is 4.54. The van der Waals surface area contributed by atoms with Crippen LogP contribution in [0.5, 0.6) is 5.75 Å². The van der Waals surface area contributed by atoms with Crippen molar-refractivity contribution in [3.63, 3.8) is 0 Å². The number of carbonyl (C=O) groups excluding carboxylic acids is 1. The van der Waals surface area contributed by atoms with Crippen LogP contribution in [0, 0.1) is 13.8 Å². The minimum absolute atomic E-state index is 0.0602. The van der Waals surface area contributed by atoms with Crippen LogP contribution in [0.25, 0.3) is 22.7 Å². The highest BCUT2D eigenvalue weighted by atomic mass is 16.3. The Hall–Kier alpha value is -3.60. The second-order valence-corrected chi connectivity index (χ2v) is 6.52. The van der Waals surface area contributed by atoms with Gasteiger partial charge >= 0.3 is 0 Å². The Morgan fingerprint density at radius 2 is 1.93 bits per heavy atom. The van der Waals surface area contributed by atoms with Crippen LogP contribution >= 0.6 is 0 Å². The first-order valence-corrected chi connectivity index (χ1v) is 8.57.